The lowest BCUT2D eigenvalue weighted by atomic mass is 9.84. The monoisotopic (exact) mass is 443 g/mol. The second-order valence-electron chi connectivity index (χ2n) is 8.80. The van der Waals surface area contributed by atoms with Gasteiger partial charge in [-0.25, -0.2) is 0 Å². The number of nitrogens with one attached hydrogen (secondary N) is 2. The summed E-state index contributed by atoms with van der Waals surface area (Å²) in [5, 5.41) is 6.67. The summed E-state index contributed by atoms with van der Waals surface area (Å²) in [7, 11) is 0. The molecule has 5 nitrogen and oxygen atoms in total. The third-order valence-electron chi connectivity index (χ3n) is 6.16. The first-order chi connectivity index (χ1) is 15.0. The van der Waals surface area contributed by atoms with E-state index < -0.39 is 0 Å². The van der Waals surface area contributed by atoms with Crippen LogP contribution in [0.2, 0.25) is 0 Å². The molecule has 170 valence electrons. The van der Waals surface area contributed by atoms with E-state index in [0.717, 1.165) is 62.2 Å². The SMILES string of the molecule is CCCN(CCC)CCNC(=O)C1CCC2S/C(=C/c3ccc(C)cc3)C(=O)NC2C1. The van der Waals surface area contributed by atoms with Gasteiger partial charge >= 0.3 is 0 Å². The molecule has 6 heteroatoms. The number of carbonyl (C=O) groups excluding carboxylic acids is 2. The zero-order chi connectivity index (χ0) is 22.2. The highest BCUT2D eigenvalue weighted by atomic mass is 32.2. The molecular weight excluding hydrogens is 406 g/mol. The number of nitrogens with zero attached hydrogens (tertiary/aromatic N) is 1. The zero-order valence-corrected chi connectivity index (χ0v) is 20.0. The van der Waals surface area contributed by atoms with E-state index in [9.17, 15) is 9.59 Å². The lowest BCUT2D eigenvalue weighted by molar-refractivity contribution is -0.127. The summed E-state index contributed by atoms with van der Waals surface area (Å²) < 4.78 is 0. The molecule has 1 saturated carbocycles. The normalized spacial score (nSPS) is 24.7. The predicted octanol–water partition coefficient (Wildman–Crippen LogP) is 3.97. The van der Waals surface area contributed by atoms with Crippen molar-refractivity contribution in [2.45, 2.75) is 64.2 Å². The Morgan fingerprint density at radius 1 is 1.16 bits per heavy atom. The second-order valence-corrected chi connectivity index (χ2v) is 10.1. The Kier molecular flexibility index (Phi) is 9.02. The third-order valence-corrected chi connectivity index (χ3v) is 7.58. The van der Waals surface area contributed by atoms with Gasteiger partial charge in [0.15, 0.2) is 0 Å². The van der Waals surface area contributed by atoms with E-state index in [1.165, 1.54) is 5.56 Å². The van der Waals surface area contributed by atoms with E-state index in [-0.39, 0.29) is 23.8 Å². The van der Waals surface area contributed by atoms with Crippen LogP contribution in [0.1, 0.15) is 57.1 Å². The van der Waals surface area contributed by atoms with Crippen LogP contribution in [0.3, 0.4) is 0 Å². The molecule has 0 radical (unpaired) electrons. The first kappa shape index (κ1) is 23.9. The minimum atomic E-state index is -0.0114. The standard InChI is InChI=1S/C25H37N3O2S/c1-4-13-28(14-5-2)15-12-26-24(29)20-10-11-22-21(17-20)27-25(30)23(31-22)16-19-8-6-18(3)7-9-19/h6-9,16,20-22H,4-5,10-15,17H2,1-3H3,(H,26,29)(H,27,30)/b23-16+. The quantitative estimate of drug-likeness (QED) is 0.567. The molecule has 3 rings (SSSR count). The van der Waals surface area contributed by atoms with Gasteiger partial charge in [-0.2, -0.15) is 0 Å². The molecule has 1 aromatic rings. The van der Waals surface area contributed by atoms with Crippen LogP contribution in [0.5, 0.6) is 0 Å². The summed E-state index contributed by atoms with van der Waals surface area (Å²) in [4.78, 5) is 28.6. The van der Waals surface area contributed by atoms with Gasteiger partial charge < -0.3 is 15.5 Å². The predicted molar refractivity (Wildman–Crippen MR) is 130 cm³/mol. The van der Waals surface area contributed by atoms with Crippen molar-refractivity contribution in [2.75, 3.05) is 26.2 Å². The summed E-state index contributed by atoms with van der Waals surface area (Å²) in [6.45, 7) is 10.2. The molecule has 1 saturated heterocycles. The van der Waals surface area contributed by atoms with Gasteiger partial charge in [0, 0.05) is 30.3 Å². The molecule has 2 amide bonds. The summed E-state index contributed by atoms with van der Waals surface area (Å²) in [6.07, 6.45) is 6.83. The maximum Gasteiger partial charge on any atom is 0.257 e. The second kappa shape index (κ2) is 11.7. The Morgan fingerprint density at radius 2 is 1.87 bits per heavy atom. The molecule has 0 spiro atoms. The molecule has 3 unspecified atom stereocenters. The minimum absolute atomic E-state index is 0.00409. The molecule has 0 bridgehead atoms. The van der Waals surface area contributed by atoms with Crippen molar-refractivity contribution >= 4 is 29.7 Å². The van der Waals surface area contributed by atoms with E-state index in [0.29, 0.717) is 11.8 Å². The van der Waals surface area contributed by atoms with Crippen molar-refractivity contribution < 1.29 is 9.59 Å². The largest absolute Gasteiger partial charge is 0.355 e. The number of amides is 2. The van der Waals surface area contributed by atoms with E-state index in [1.54, 1.807) is 11.8 Å². The highest BCUT2D eigenvalue weighted by molar-refractivity contribution is 8.04. The first-order valence-electron chi connectivity index (χ1n) is 11.8. The van der Waals surface area contributed by atoms with Crippen LogP contribution in [-0.4, -0.2) is 54.2 Å². The van der Waals surface area contributed by atoms with Crippen molar-refractivity contribution in [3.63, 3.8) is 0 Å². The Balaban J connectivity index is 1.49. The molecule has 31 heavy (non-hydrogen) atoms. The minimum Gasteiger partial charge on any atom is -0.355 e. The fraction of sp³-hybridized carbons (Fsp3) is 0.600. The maximum atomic E-state index is 12.7. The molecule has 1 heterocycles. The smallest absolute Gasteiger partial charge is 0.257 e. The molecule has 1 aromatic carbocycles. The van der Waals surface area contributed by atoms with Crippen LogP contribution < -0.4 is 10.6 Å². The van der Waals surface area contributed by atoms with Crippen molar-refractivity contribution in [3.8, 4) is 0 Å². The van der Waals surface area contributed by atoms with Crippen LogP contribution in [0.25, 0.3) is 6.08 Å². The van der Waals surface area contributed by atoms with Gasteiger partial charge in [0.1, 0.15) is 0 Å². The number of hydrogen-bond donors (Lipinski definition) is 2. The average molecular weight is 444 g/mol. The summed E-state index contributed by atoms with van der Waals surface area (Å²) in [5.41, 5.74) is 2.26. The van der Waals surface area contributed by atoms with Crippen molar-refractivity contribution in [1.29, 1.82) is 0 Å². The molecular formula is C25H37N3O2S. The Hall–Kier alpha value is -1.79. The van der Waals surface area contributed by atoms with E-state index in [1.807, 2.05) is 18.2 Å². The van der Waals surface area contributed by atoms with E-state index >= 15 is 0 Å². The lowest BCUT2D eigenvalue weighted by Gasteiger charge is -2.39. The summed E-state index contributed by atoms with van der Waals surface area (Å²) in [5.74, 6) is 0.130. The number of rotatable bonds is 9. The van der Waals surface area contributed by atoms with Crippen molar-refractivity contribution in [1.82, 2.24) is 15.5 Å². The van der Waals surface area contributed by atoms with Crippen molar-refractivity contribution in [3.05, 3.63) is 40.3 Å². The number of aryl methyl sites for hydroxylation is 1. The van der Waals surface area contributed by atoms with Gasteiger partial charge in [-0.15, -0.1) is 11.8 Å². The highest BCUT2D eigenvalue weighted by Crippen LogP contribution is 2.39. The van der Waals surface area contributed by atoms with Gasteiger partial charge in [-0.3, -0.25) is 9.59 Å². The van der Waals surface area contributed by atoms with Gasteiger partial charge in [-0.1, -0.05) is 43.7 Å². The molecule has 2 fully saturated rings. The van der Waals surface area contributed by atoms with Crippen molar-refractivity contribution in [2.24, 2.45) is 5.92 Å². The molecule has 2 N–H and O–H groups in total. The topological polar surface area (TPSA) is 61.4 Å². The fourth-order valence-electron chi connectivity index (χ4n) is 4.49. The number of hydrogen-bond acceptors (Lipinski definition) is 4. The number of thioether (sulfide) groups is 1. The van der Waals surface area contributed by atoms with Crippen LogP contribution in [0.4, 0.5) is 0 Å². The van der Waals surface area contributed by atoms with E-state index in [2.05, 4.69) is 48.4 Å². The number of fused-ring (bicyclic) bond motifs is 1. The Bertz CT molecular complexity index is 771. The maximum absolute atomic E-state index is 12.7. The molecule has 1 aliphatic carbocycles. The molecule has 1 aliphatic heterocycles. The van der Waals surface area contributed by atoms with Crippen LogP contribution in [0.15, 0.2) is 29.2 Å². The molecule has 0 aromatic heterocycles. The molecule has 3 atom stereocenters. The average Bonchev–Trinajstić information content (AvgIpc) is 2.75. The van der Waals surface area contributed by atoms with Gasteiger partial charge in [0.25, 0.3) is 5.91 Å². The zero-order valence-electron chi connectivity index (χ0n) is 19.2. The van der Waals surface area contributed by atoms with Crippen LogP contribution in [-0.2, 0) is 9.59 Å². The third kappa shape index (κ3) is 6.84. The summed E-state index contributed by atoms with van der Waals surface area (Å²) in [6, 6.07) is 8.30. The fourth-order valence-corrected chi connectivity index (χ4v) is 5.79. The highest BCUT2D eigenvalue weighted by Gasteiger charge is 2.39. The van der Waals surface area contributed by atoms with Gasteiger partial charge in [0.05, 0.1) is 4.91 Å². The van der Waals surface area contributed by atoms with E-state index in [4.69, 9.17) is 0 Å². The van der Waals surface area contributed by atoms with Crippen LogP contribution >= 0.6 is 11.8 Å². The summed E-state index contributed by atoms with van der Waals surface area (Å²) >= 11 is 1.68. The lowest BCUT2D eigenvalue weighted by Crippen LogP contribution is -2.52. The van der Waals surface area contributed by atoms with Gasteiger partial charge in [-0.05, 0) is 63.8 Å². The molecule has 2 aliphatic rings. The number of carbonyl (C=O) groups is 2. The Morgan fingerprint density at radius 3 is 2.55 bits per heavy atom. The van der Waals surface area contributed by atoms with Crippen LogP contribution in [0, 0.1) is 12.8 Å². The first-order valence-corrected chi connectivity index (χ1v) is 12.6. The number of benzene rings is 1. The van der Waals surface area contributed by atoms with Gasteiger partial charge in [0.2, 0.25) is 5.91 Å². The Labute approximate surface area is 191 Å².